The van der Waals surface area contributed by atoms with Crippen molar-refractivity contribution >= 4 is 89.3 Å². The molecule has 0 aromatic heterocycles. The van der Waals surface area contributed by atoms with Crippen molar-refractivity contribution in [1.29, 1.82) is 0 Å². The fourth-order valence-electron chi connectivity index (χ4n) is 5.50. The molecule has 3 N–H and O–H groups in total. The van der Waals surface area contributed by atoms with Crippen LogP contribution in [0.4, 0.5) is 10.1 Å². The van der Waals surface area contributed by atoms with Crippen molar-refractivity contribution in [2.24, 2.45) is 0 Å². The minimum Gasteiger partial charge on any atom is -0.509 e. The third-order valence-corrected chi connectivity index (χ3v) is 8.23. The molecule has 1 unspecified atom stereocenters. The smallest absolute Gasteiger partial charge is 0.254 e. The van der Waals surface area contributed by atoms with Crippen molar-refractivity contribution in [3.05, 3.63) is 46.3 Å². The molecule has 0 saturated carbocycles. The number of imide groups is 1. The summed E-state index contributed by atoms with van der Waals surface area (Å²) in [5, 5.41) is 10.3. The Balaban J connectivity index is 1.48. The second-order valence-electron chi connectivity index (χ2n) is 10.7. The molecule has 3 heterocycles. The molecule has 2 saturated heterocycles. The number of hydrogen-bond donors (Lipinski definition) is 3. The lowest BCUT2D eigenvalue weighted by molar-refractivity contribution is -0.140. The van der Waals surface area contributed by atoms with Gasteiger partial charge in [-0.25, -0.2) is 4.39 Å². The van der Waals surface area contributed by atoms with Crippen LogP contribution in [0.25, 0.3) is 0 Å². The topological polar surface area (TPSA) is 111 Å². The van der Waals surface area contributed by atoms with Crippen molar-refractivity contribution in [1.82, 2.24) is 15.1 Å². The number of piperidine rings is 1. The monoisotopic (exact) mass is 552 g/mol. The molecule has 42 heavy (non-hydrogen) atoms. The van der Waals surface area contributed by atoms with Crippen molar-refractivity contribution in [3.8, 4) is 5.75 Å². The van der Waals surface area contributed by atoms with Crippen molar-refractivity contribution in [2.75, 3.05) is 31.6 Å². The third-order valence-electron chi connectivity index (χ3n) is 8.23. The number of amides is 3. The van der Waals surface area contributed by atoms with Crippen LogP contribution in [0.15, 0.2) is 18.2 Å². The largest absolute Gasteiger partial charge is 0.509 e. The maximum atomic E-state index is 15.5. The molecule has 3 amide bonds. The molecule has 0 bridgehead atoms. The Hall–Kier alpha value is -3.05. The first kappa shape index (κ1) is 30.4. The number of carbonyl (C=O) groups is 3. The zero-order valence-corrected chi connectivity index (χ0v) is 22.6. The molecule has 198 valence electrons. The van der Waals surface area contributed by atoms with E-state index in [9.17, 15) is 19.5 Å². The number of halogens is 1. The summed E-state index contributed by atoms with van der Waals surface area (Å²) in [5.41, 5.74) is -2.64. The minimum absolute atomic E-state index is 0.0350. The molecule has 3 aliphatic heterocycles. The summed E-state index contributed by atoms with van der Waals surface area (Å²) in [7, 11) is 42.6. The van der Waals surface area contributed by atoms with Crippen LogP contribution >= 0.6 is 0 Å². The van der Waals surface area contributed by atoms with Gasteiger partial charge in [-0.3, -0.25) is 24.6 Å². The number of morpholine rings is 1. The highest BCUT2D eigenvalue weighted by Crippen LogP contribution is 2.55. The first-order valence-corrected chi connectivity index (χ1v) is 13.0. The number of ether oxygens (including phenoxy) is 1. The number of benzene rings is 2. The number of aromatic hydroxyl groups is 1. The predicted molar refractivity (Wildman–Crippen MR) is 159 cm³/mol. The Bertz CT molecular complexity index is 1500. The van der Waals surface area contributed by atoms with Crippen LogP contribution in [-0.4, -0.2) is 119 Å². The second kappa shape index (κ2) is 10.6. The summed E-state index contributed by atoms with van der Waals surface area (Å²) in [6.07, 6.45) is 0. The average molecular weight is 551 g/mol. The Labute approximate surface area is 251 Å². The molecule has 3 aliphatic rings. The molecule has 2 aromatic carbocycles. The Kier molecular flexibility index (Phi) is 7.67. The van der Waals surface area contributed by atoms with E-state index >= 15 is 4.39 Å². The van der Waals surface area contributed by atoms with Gasteiger partial charge in [-0.05, 0) is 16.1 Å². The van der Waals surface area contributed by atoms with Gasteiger partial charge in [-0.2, -0.15) is 0 Å². The van der Waals surface area contributed by atoms with Gasteiger partial charge in [0.05, 0.1) is 50.0 Å². The average Bonchev–Trinajstić information content (AvgIpc) is 3.29. The van der Waals surface area contributed by atoms with Crippen LogP contribution in [0.2, 0.25) is 10.4 Å². The predicted octanol–water partition coefficient (Wildman–Crippen LogP) is -3.05. The molecule has 0 spiro atoms. The summed E-state index contributed by atoms with van der Waals surface area (Å²) in [5.74, 6) is -4.48. The molecule has 1 atom stereocenters. The second-order valence-corrected chi connectivity index (χ2v) is 10.7. The molecule has 2 aromatic rings. The highest BCUT2D eigenvalue weighted by atomic mass is 19.1. The zero-order valence-electron chi connectivity index (χ0n) is 22.6. The fraction of sp³-hybridized carbons (Fsp3) is 0.400. The summed E-state index contributed by atoms with van der Waals surface area (Å²) < 4.78 is 20.8. The van der Waals surface area contributed by atoms with Crippen LogP contribution in [-0.2, 0) is 34.0 Å². The number of rotatable bonds is 6. The number of phenols is 1. The maximum Gasteiger partial charge on any atom is 0.254 e. The zero-order chi connectivity index (χ0) is 30.8. The lowest BCUT2D eigenvalue weighted by Gasteiger charge is -2.60. The maximum absolute atomic E-state index is 15.5. The van der Waals surface area contributed by atoms with Gasteiger partial charge in [0.1, 0.15) is 35.1 Å². The van der Waals surface area contributed by atoms with Gasteiger partial charge in [0.2, 0.25) is 11.8 Å². The molecule has 5 rings (SSSR count). The third kappa shape index (κ3) is 4.42. The number of phenolic OH excluding ortho intramolecular Hbond substituents is 1. The molecule has 9 nitrogen and oxygen atoms in total. The van der Waals surface area contributed by atoms with Crippen LogP contribution in [0, 0.1) is 5.82 Å². The van der Waals surface area contributed by atoms with Crippen LogP contribution in [0.5, 0.6) is 5.75 Å². The van der Waals surface area contributed by atoms with E-state index in [0.29, 0.717) is 38.4 Å². The van der Waals surface area contributed by atoms with E-state index in [1.54, 1.807) is 18.2 Å². The number of nitrogens with zero attached hydrogens (tertiary/aromatic N) is 2. The Morgan fingerprint density at radius 3 is 2.31 bits per heavy atom. The van der Waals surface area contributed by atoms with Crippen LogP contribution < -0.4 is 21.6 Å². The number of anilines is 1. The molecular weight excluding hydrogens is 531 g/mol. The van der Waals surface area contributed by atoms with Crippen molar-refractivity contribution in [2.45, 2.75) is 35.5 Å². The van der Waals surface area contributed by atoms with Gasteiger partial charge in [-0.15, -0.1) is 0 Å². The Morgan fingerprint density at radius 1 is 1.00 bits per heavy atom. The van der Waals surface area contributed by atoms with E-state index in [-0.39, 0.29) is 34.4 Å². The first-order chi connectivity index (χ1) is 19.6. The van der Waals surface area contributed by atoms with Crippen LogP contribution in [0.3, 0.4) is 0 Å². The highest BCUT2D eigenvalue weighted by Gasteiger charge is 2.63. The van der Waals surface area contributed by atoms with E-state index in [2.05, 4.69) is 10.2 Å². The Morgan fingerprint density at radius 2 is 1.64 bits per heavy atom. The quantitative estimate of drug-likeness (QED) is 0.259. The van der Waals surface area contributed by atoms with Gasteiger partial charge in [0.25, 0.3) is 5.91 Å². The van der Waals surface area contributed by atoms with E-state index in [4.69, 9.17) is 59.7 Å². The van der Waals surface area contributed by atoms with Gasteiger partial charge < -0.3 is 20.1 Å². The van der Waals surface area contributed by atoms with E-state index in [1.807, 2.05) is 5.32 Å². The first-order valence-electron chi connectivity index (χ1n) is 13.0. The lowest BCUT2D eigenvalue weighted by atomic mass is 9.21. The highest BCUT2D eigenvalue weighted by molar-refractivity contribution is 6.66. The van der Waals surface area contributed by atoms with E-state index in [1.165, 1.54) is 0 Å². The summed E-state index contributed by atoms with van der Waals surface area (Å²) in [6, 6.07) is 4.98. The molecule has 17 heteroatoms. The van der Waals surface area contributed by atoms with Crippen molar-refractivity contribution in [3.63, 3.8) is 0 Å². The normalized spacial score (nSPS) is 23.5. The number of carbonyl (C=O) groups excluding carboxylic acids is 3. The number of fused-ring (bicyclic) bond motifs is 1. The van der Waals surface area contributed by atoms with Gasteiger partial charge in [0.15, 0.2) is 0 Å². The van der Waals surface area contributed by atoms with Crippen molar-refractivity contribution < 1.29 is 28.6 Å². The van der Waals surface area contributed by atoms with E-state index in [0.717, 1.165) is 4.90 Å². The van der Waals surface area contributed by atoms with E-state index < -0.39 is 57.2 Å². The summed E-state index contributed by atoms with van der Waals surface area (Å²) in [4.78, 5) is 41.9. The minimum atomic E-state index is -2.67. The summed E-state index contributed by atoms with van der Waals surface area (Å²) in [6.45, 7) is 2.31. The molecule has 2 fully saturated rings. The van der Waals surface area contributed by atoms with Gasteiger partial charge in [0, 0.05) is 60.7 Å². The molecule has 0 aliphatic carbocycles. The molecule has 14 radical (unpaired) electrons. The standard InChI is InChI=1S/C25H20B7FN4O5/c26-15-14-13(10-37(20(14)39)24(30)22(41)35-21(40)23(28,29)25(24,31)32)18(16(27)19(15)38)34-8-11-2-1-3-12(17(11)33)9-36-4-6-42-7-5-36/h1-3,34,38H,4-10H2,(H,35,40,41). The number of nitrogens with one attached hydrogen (secondary N) is 2. The van der Waals surface area contributed by atoms with Gasteiger partial charge in [-0.1, -0.05) is 23.4 Å². The van der Waals surface area contributed by atoms with Crippen LogP contribution in [0.1, 0.15) is 27.0 Å². The van der Waals surface area contributed by atoms with Gasteiger partial charge >= 0.3 is 0 Å². The fourth-order valence-corrected chi connectivity index (χ4v) is 5.50. The number of hydrogen-bond acceptors (Lipinski definition) is 7. The SMILES string of the molecule is [B]c1c(O)c([B])c2c(c1NCc1cccc(CN3CCOCC3)c1F)CN(C1([B])C(=O)NC(=O)C([B])([B])C1([B])[B])C2=O. The molecular formula is C25H20B7FN4O5. The lowest BCUT2D eigenvalue weighted by Crippen LogP contribution is -2.75. The summed E-state index contributed by atoms with van der Waals surface area (Å²) >= 11 is 0.